The third-order valence-electron chi connectivity index (χ3n) is 3.18. The van der Waals surface area contributed by atoms with Crippen LogP contribution in [0.5, 0.6) is 0 Å². The van der Waals surface area contributed by atoms with E-state index in [1.807, 2.05) is 30.3 Å². The summed E-state index contributed by atoms with van der Waals surface area (Å²) in [5.41, 5.74) is 4.42. The third-order valence-corrected chi connectivity index (χ3v) is 3.18. The number of hydrogen-bond donors (Lipinski definition) is 1. The second kappa shape index (κ2) is 6.19. The van der Waals surface area contributed by atoms with Crippen LogP contribution < -0.4 is 0 Å². The van der Waals surface area contributed by atoms with Crippen molar-refractivity contribution in [2.45, 2.75) is 6.42 Å². The van der Waals surface area contributed by atoms with E-state index in [-0.39, 0.29) is 6.61 Å². The van der Waals surface area contributed by atoms with Crippen LogP contribution in [-0.2, 0) is 6.42 Å². The van der Waals surface area contributed by atoms with Crippen LogP contribution in [0.4, 0.5) is 0 Å². The molecule has 0 fully saturated rings. The SMILES string of the molecule is OCCc1cc(-c2ccncc2)nnc1-c1ccncc1. The Kier molecular flexibility index (Phi) is 3.93. The van der Waals surface area contributed by atoms with Gasteiger partial charge in [-0.3, -0.25) is 9.97 Å². The van der Waals surface area contributed by atoms with Crippen molar-refractivity contribution < 1.29 is 5.11 Å². The molecule has 3 rings (SSSR count). The first-order chi connectivity index (χ1) is 10.4. The van der Waals surface area contributed by atoms with Gasteiger partial charge in [-0.15, -0.1) is 10.2 Å². The first-order valence-electron chi connectivity index (χ1n) is 6.67. The van der Waals surface area contributed by atoms with Gasteiger partial charge in [0.2, 0.25) is 0 Å². The molecule has 0 aliphatic rings. The van der Waals surface area contributed by atoms with Crippen molar-refractivity contribution >= 4 is 0 Å². The molecule has 0 bridgehead atoms. The maximum absolute atomic E-state index is 9.28. The van der Waals surface area contributed by atoms with E-state index in [4.69, 9.17) is 0 Å². The molecule has 0 unspecified atom stereocenters. The van der Waals surface area contributed by atoms with Crippen molar-refractivity contribution in [1.82, 2.24) is 20.2 Å². The molecule has 0 atom stereocenters. The average Bonchev–Trinajstić information content (AvgIpc) is 2.57. The van der Waals surface area contributed by atoms with Crippen LogP contribution in [0.25, 0.3) is 22.5 Å². The minimum atomic E-state index is 0.0690. The molecule has 0 aliphatic carbocycles. The Morgan fingerprint density at radius 3 is 2.05 bits per heavy atom. The van der Waals surface area contributed by atoms with Gasteiger partial charge in [0.25, 0.3) is 0 Å². The van der Waals surface area contributed by atoms with Crippen molar-refractivity contribution in [3.05, 3.63) is 60.7 Å². The summed E-state index contributed by atoms with van der Waals surface area (Å²) in [5.74, 6) is 0. The summed E-state index contributed by atoms with van der Waals surface area (Å²) in [6.07, 6.45) is 7.41. The zero-order chi connectivity index (χ0) is 14.5. The zero-order valence-electron chi connectivity index (χ0n) is 11.3. The monoisotopic (exact) mass is 278 g/mol. The molecule has 3 heterocycles. The van der Waals surface area contributed by atoms with E-state index in [1.54, 1.807) is 24.8 Å². The van der Waals surface area contributed by atoms with Gasteiger partial charge >= 0.3 is 0 Å². The standard InChI is InChI=1S/C16H14N4O/c21-10-5-14-11-15(12-1-6-17-7-2-12)19-20-16(14)13-3-8-18-9-4-13/h1-4,6-9,11,21H,5,10H2. The molecule has 0 spiro atoms. The Morgan fingerprint density at radius 1 is 0.810 bits per heavy atom. The van der Waals surface area contributed by atoms with Crippen molar-refractivity contribution in [1.29, 1.82) is 0 Å². The maximum atomic E-state index is 9.28. The Bertz CT molecular complexity index is 717. The third kappa shape index (κ3) is 2.93. The fraction of sp³-hybridized carbons (Fsp3) is 0.125. The number of nitrogens with zero attached hydrogens (tertiary/aromatic N) is 4. The molecule has 0 amide bonds. The lowest BCUT2D eigenvalue weighted by Crippen LogP contribution is -2.01. The summed E-state index contributed by atoms with van der Waals surface area (Å²) in [4.78, 5) is 8.01. The summed E-state index contributed by atoms with van der Waals surface area (Å²) >= 11 is 0. The van der Waals surface area contributed by atoms with Crippen molar-refractivity contribution in [2.24, 2.45) is 0 Å². The average molecular weight is 278 g/mol. The maximum Gasteiger partial charge on any atom is 0.0964 e. The van der Waals surface area contributed by atoms with Gasteiger partial charge in [0.1, 0.15) is 0 Å². The second-order valence-electron chi connectivity index (χ2n) is 4.55. The highest BCUT2D eigenvalue weighted by atomic mass is 16.2. The van der Waals surface area contributed by atoms with Gasteiger partial charge in [-0.2, -0.15) is 0 Å². The smallest absolute Gasteiger partial charge is 0.0964 e. The van der Waals surface area contributed by atoms with E-state index in [2.05, 4.69) is 20.2 Å². The summed E-state index contributed by atoms with van der Waals surface area (Å²) in [5, 5.41) is 17.9. The number of aliphatic hydroxyl groups is 1. The number of rotatable bonds is 4. The van der Waals surface area contributed by atoms with Crippen molar-refractivity contribution in [3.63, 3.8) is 0 Å². The van der Waals surface area contributed by atoms with E-state index in [0.29, 0.717) is 6.42 Å². The van der Waals surface area contributed by atoms with Gasteiger partial charge in [0.05, 0.1) is 11.4 Å². The van der Waals surface area contributed by atoms with Gasteiger partial charge in [-0.25, -0.2) is 0 Å². The zero-order valence-corrected chi connectivity index (χ0v) is 11.3. The van der Waals surface area contributed by atoms with Crippen LogP contribution in [0.3, 0.4) is 0 Å². The Balaban J connectivity index is 2.07. The normalized spacial score (nSPS) is 10.5. The van der Waals surface area contributed by atoms with Gasteiger partial charge < -0.3 is 5.11 Å². The van der Waals surface area contributed by atoms with Crippen LogP contribution in [0.15, 0.2) is 55.1 Å². The van der Waals surface area contributed by atoms with E-state index < -0.39 is 0 Å². The number of aliphatic hydroxyl groups excluding tert-OH is 1. The van der Waals surface area contributed by atoms with Gasteiger partial charge in [-0.1, -0.05) is 0 Å². The van der Waals surface area contributed by atoms with Crippen LogP contribution >= 0.6 is 0 Å². The second-order valence-corrected chi connectivity index (χ2v) is 4.55. The highest BCUT2D eigenvalue weighted by Gasteiger charge is 2.10. The van der Waals surface area contributed by atoms with E-state index in [1.165, 1.54) is 0 Å². The summed E-state index contributed by atoms with van der Waals surface area (Å²) in [7, 11) is 0. The number of aromatic nitrogens is 4. The first kappa shape index (κ1) is 13.3. The first-order valence-corrected chi connectivity index (χ1v) is 6.67. The predicted octanol–water partition coefficient (Wildman–Crippen LogP) is 2.14. The molecule has 0 saturated carbocycles. The highest BCUT2D eigenvalue weighted by Crippen LogP contribution is 2.24. The molecular weight excluding hydrogens is 264 g/mol. The largest absolute Gasteiger partial charge is 0.396 e. The van der Waals surface area contributed by atoms with E-state index >= 15 is 0 Å². The quantitative estimate of drug-likeness (QED) is 0.791. The Labute approximate surface area is 122 Å². The lowest BCUT2D eigenvalue weighted by molar-refractivity contribution is 0.299. The fourth-order valence-corrected chi connectivity index (χ4v) is 2.16. The molecule has 5 nitrogen and oxygen atoms in total. The molecule has 0 saturated heterocycles. The fourth-order valence-electron chi connectivity index (χ4n) is 2.16. The summed E-state index contributed by atoms with van der Waals surface area (Å²) in [6, 6.07) is 9.51. The number of pyridine rings is 2. The van der Waals surface area contributed by atoms with Gasteiger partial charge in [-0.05, 0) is 42.3 Å². The topological polar surface area (TPSA) is 71.8 Å². The number of hydrogen-bond acceptors (Lipinski definition) is 5. The van der Waals surface area contributed by atoms with E-state index in [0.717, 1.165) is 28.1 Å². The van der Waals surface area contributed by atoms with Crippen LogP contribution in [-0.4, -0.2) is 31.9 Å². The Hall–Kier alpha value is -2.66. The summed E-state index contributed by atoms with van der Waals surface area (Å²) in [6.45, 7) is 0.0690. The van der Waals surface area contributed by atoms with E-state index in [9.17, 15) is 5.11 Å². The molecule has 21 heavy (non-hydrogen) atoms. The van der Waals surface area contributed by atoms with Crippen LogP contribution in [0.2, 0.25) is 0 Å². The molecule has 3 aromatic rings. The molecule has 0 aliphatic heterocycles. The minimum Gasteiger partial charge on any atom is -0.396 e. The molecule has 104 valence electrons. The van der Waals surface area contributed by atoms with Crippen molar-refractivity contribution in [2.75, 3.05) is 6.61 Å². The predicted molar refractivity (Wildman–Crippen MR) is 79.3 cm³/mol. The lowest BCUT2D eigenvalue weighted by atomic mass is 10.0. The molecule has 1 N–H and O–H groups in total. The van der Waals surface area contributed by atoms with Crippen LogP contribution in [0, 0.1) is 0 Å². The molecule has 0 radical (unpaired) electrons. The van der Waals surface area contributed by atoms with Crippen LogP contribution in [0.1, 0.15) is 5.56 Å². The van der Waals surface area contributed by atoms with Gasteiger partial charge in [0.15, 0.2) is 0 Å². The molecule has 0 aromatic carbocycles. The molecule has 5 heteroatoms. The molecular formula is C16H14N4O. The molecule has 3 aromatic heterocycles. The lowest BCUT2D eigenvalue weighted by Gasteiger charge is -2.09. The minimum absolute atomic E-state index is 0.0690. The van der Waals surface area contributed by atoms with Gasteiger partial charge in [0, 0.05) is 42.5 Å². The Morgan fingerprint density at radius 2 is 1.43 bits per heavy atom. The highest BCUT2D eigenvalue weighted by molar-refractivity contribution is 5.66. The summed E-state index contributed by atoms with van der Waals surface area (Å²) < 4.78 is 0. The van der Waals surface area contributed by atoms with Crippen molar-refractivity contribution in [3.8, 4) is 22.5 Å².